The molecule has 2 aromatic carbocycles. The number of nitrogens with one attached hydrogen (secondary N) is 4. The van der Waals surface area contributed by atoms with Crippen LogP contribution < -0.4 is 21.3 Å². The molecule has 4 unspecified atom stereocenters. The van der Waals surface area contributed by atoms with Crippen LogP contribution >= 0.6 is 0 Å². The van der Waals surface area contributed by atoms with Gasteiger partial charge < -0.3 is 26.4 Å². The summed E-state index contributed by atoms with van der Waals surface area (Å²) in [6, 6.07) is 13.9. The fraction of sp³-hybridized carbons (Fsp3) is 0.564. The van der Waals surface area contributed by atoms with Crippen molar-refractivity contribution in [3.63, 3.8) is 0 Å². The van der Waals surface area contributed by atoms with Gasteiger partial charge in [-0.2, -0.15) is 0 Å². The largest absolute Gasteiger partial charge is 0.481 e. The van der Waals surface area contributed by atoms with E-state index in [9.17, 15) is 37.9 Å². The molecule has 0 bridgehead atoms. The molecule has 5 N–H and O–H groups in total. The number of carbonyl (C=O) groups is 5. The predicted octanol–water partition coefficient (Wildman–Crippen LogP) is 5.36. The van der Waals surface area contributed by atoms with Crippen molar-refractivity contribution in [1.29, 1.82) is 0 Å². The van der Waals surface area contributed by atoms with Crippen LogP contribution in [0, 0.1) is 11.8 Å². The van der Waals surface area contributed by atoms with Gasteiger partial charge in [-0.3, -0.25) is 24.0 Å². The van der Waals surface area contributed by atoms with Gasteiger partial charge in [0, 0.05) is 30.7 Å². The van der Waals surface area contributed by atoms with E-state index in [1.165, 1.54) is 0 Å². The van der Waals surface area contributed by atoms with Gasteiger partial charge in [0.15, 0.2) is 5.78 Å². The standard InChI is InChI=1S/C39H54F2N4O6/c1-24(2)36(48)30(23-32(40)41)44-38(50)31(22-26-14-8-5-9-15-26)45-37(49)29(20-21-33(46)47)43-39(51)35(42-25(3)4)34(27-16-10-6-11-17-27)28-18-12-7-13-19-28/h6-7,10-13,16-19,24-26,29-32,34-35,42H,5,8-9,14-15,20-23H2,1-4H3,(H,43,51)(H,44,50)(H,45,49)(H,46,47). The Bertz CT molecular complexity index is 1380. The van der Waals surface area contributed by atoms with Crippen LogP contribution in [-0.4, -0.2) is 71.2 Å². The molecule has 10 nitrogen and oxygen atoms in total. The Balaban J connectivity index is 1.94. The lowest BCUT2D eigenvalue weighted by Crippen LogP contribution is -2.59. The van der Waals surface area contributed by atoms with E-state index in [1.54, 1.807) is 13.8 Å². The first-order chi connectivity index (χ1) is 24.3. The zero-order valence-corrected chi connectivity index (χ0v) is 30.1. The monoisotopic (exact) mass is 712 g/mol. The summed E-state index contributed by atoms with van der Waals surface area (Å²) in [6.07, 6.45) is 0.343. The number of ketones is 1. The number of rotatable bonds is 20. The van der Waals surface area contributed by atoms with Crippen molar-refractivity contribution in [2.75, 3.05) is 0 Å². The van der Waals surface area contributed by atoms with Crippen molar-refractivity contribution < 1.29 is 37.9 Å². The fourth-order valence-electron chi connectivity index (χ4n) is 6.74. The number of amides is 3. The second-order valence-electron chi connectivity index (χ2n) is 14.1. The van der Waals surface area contributed by atoms with E-state index >= 15 is 0 Å². The van der Waals surface area contributed by atoms with E-state index in [1.807, 2.05) is 74.5 Å². The Morgan fingerprint density at radius 1 is 0.725 bits per heavy atom. The highest BCUT2D eigenvalue weighted by molar-refractivity contribution is 5.96. The summed E-state index contributed by atoms with van der Waals surface area (Å²) in [4.78, 5) is 66.4. The summed E-state index contributed by atoms with van der Waals surface area (Å²) in [7, 11) is 0. The summed E-state index contributed by atoms with van der Waals surface area (Å²) in [5.41, 5.74) is 1.70. The molecule has 12 heteroatoms. The van der Waals surface area contributed by atoms with Crippen molar-refractivity contribution in [2.24, 2.45) is 11.8 Å². The summed E-state index contributed by atoms with van der Waals surface area (Å²) in [5.74, 6) is -4.85. The molecule has 0 heterocycles. The predicted molar refractivity (Wildman–Crippen MR) is 191 cm³/mol. The molecule has 0 radical (unpaired) electrons. The van der Waals surface area contributed by atoms with E-state index in [4.69, 9.17) is 0 Å². The minimum absolute atomic E-state index is 0.0633. The van der Waals surface area contributed by atoms with Crippen LogP contribution in [0.3, 0.4) is 0 Å². The SMILES string of the molecule is CC(C)NC(C(=O)NC(CCC(=O)O)C(=O)NC(CC1CCCCC1)C(=O)NC(CC(F)F)C(=O)C(C)C)C(c1ccccc1)c1ccccc1. The number of benzene rings is 2. The summed E-state index contributed by atoms with van der Waals surface area (Å²) < 4.78 is 26.9. The number of hydrogen-bond donors (Lipinski definition) is 5. The highest BCUT2D eigenvalue weighted by atomic mass is 19.3. The Morgan fingerprint density at radius 3 is 1.73 bits per heavy atom. The van der Waals surface area contributed by atoms with Gasteiger partial charge in [0.1, 0.15) is 12.1 Å². The van der Waals surface area contributed by atoms with Crippen LogP contribution in [0.15, 0.2) is 60.7 Å². The molecule has 0 spiro atoms. The van der Waals surface area contributed by atoms with E-state index in [2.05, 4.69) is 21.3 Å². The van der Waals surface area contributed by atoms with Crippen LogP contribution in [-0.2, 0) is 24.0 Å². The van der Waals surface area contributed by atoms with Crippen molar-refractivity contribution in [3.8, 4) is 0 Å². The number of carbonyl (C=O) groups excluding carboxylic acids is 4. The van der Waals surface area contributed by atoms with Crippen LogP contribution in [0.5, 0.6) is 0 Å². The van der Waals surface area contributed by atoms with Gasteiger partial charge in [-0.25, -0.2) is 8.78 Å². The van der Waals surface area contributed by atoms with E-state index in [0.29, 0.717) is 0 Å². The highest BCUT2D eigenvalue weighted by Gasteiger charge is 2.36. The van der Waals surface area contributed by atoms with Gasteiger partial charge >= 0.3 is 5.97 Å². The number of carboxylic acid groups (broad SMARTS) is 1. The molecule has 2 aromatic rings. The smallest absolute Gasteiger partial charge is 0.303 e. The zero-order chi connectivity index (χ0) is 37.5. The lowest BCUT2D eigenvalue weighted by molar-refractivity contribution is -0.138. The molecule has 0 aliphatic heterocycles. The normalized spacial score (nSPS) is 16.0. The molecule has 0 aromatic heterocycles. The van der Waals surface area contributed by atoms with Crippen molar-refractivity contribution in [3.05, 3.63) is 71.8 Å². The molecule has 3 amide bonds. The Labute approximate surface area is 299 Å². The van der Waals surface area contributed by atoms with Crippen molar-refractivity contribution in [2.45, 2.75) is 128 Å². The molecule has 1 aliphatic carbocycles. The zero-order valence-electron chi connectivity index (χ0n) is 30.1. The lowest BCUT2D eigenvalue weighted by atomic mass is 9.84. The highest BCUT2D eigenvalue weighted by Crippen LogP contribution is 2.30. The number of alkyl halides is 2. The molecule has 1 saturated carbocycles. The second-order valence-corrected chi connectivity index (χ2v) is 14.1. The maximum absolute atomic E-state index is 14.3. The average molecular weight is 713 g/mol. The molecule has 51 heavy (non-hydrogen) atoms. The van der Waals surface area contributed by atoms with Crippen molar-refractivity contribution >= 4 is 29.5 Å². The maximum atomic E-state index is 14.3. The number of carboxylic acids is 1. The quantitative estimate of drug-likeness (QED) is 0.124. The van der Waals surface area contributed by atoms with E-state index in [0.717, 1.165) is 43.2 Å². The average Bonchev–Trinajstić information content (AvgIpc) is 3.09. The third kappa shape index (κ3) is 13.5. The summed E-state index contributed by atoms with van der Waals surface area (Å²) >= 11 is 0. The molecular formula is C39H54F2N4O6. The molecule has 1 aliphatic rings. The summed E-state index contributed by atoms with van der Waals surface area (Å²) in [5, 5.41) is 20.8. The minimum atomic E-state index is -2.84. The van der Waals surface area contributed by atoms with Crippen LogP contribution in [0.1, 0.15) is 103 Å². The molecular weight excluding hydrogens is 658 g/mol. The fourth-order valence-corrected chi connectivity index (χ4v) is 6.74. The number of hydrogen-bond acceptors (Lipinski definition) is 6. The van der Waals surface area contributed by atoms with Crippen LogP contribution in [0.4, 0.5) is 8.78 Å². The molecule has 0 saturated heterocycles. The van der Waals surface area contributed by atoms with Gasteiger partial charge in [0.05, 0.1) is 12.1 Å². The summed E-state index contributed by atoms with van der Waals surface area (Å²) in [6.45, 7) is 6.90. The van der Waals surface area contributed by atoms with Gasteiger partial charge in [-0.15, -0.1) is 0 Å². The minimum Gasteiger partial charge on any atom is -0.481 e. The topological polar surface area (TPSA) is 154 Å². The van der Waals surface area contributed by atoms with E-state index in [-0.39, 0.29) is 24.8 Å². The first kappa shape index (κ1) is 41.2. The van der Waals surface area contributed by atoms with Gasteiger partial charge in [0.25, 0.3) is 0 Å². The maximum Gasteiger partial charge on any atom is 0.303 e. The third-order valence-electron chi connectivity index (χ3n) is 9.30. The molecule has 3 rings (SSSR count). The molecule has 4 atom stereocenters. The molecule has 280 valence electrons. The van der Waals surface area contributed by atoms with Crippen LogP contribution in [0.25, 0.3) is 0 Å². The lowest BCUT2D eigenvalue weighted by Gasteiger charge is -2.32. The Hall–Kier alpha value is -4.19. The van der Waals surface area contributed by atoms with Crippen LogP contribution in [0.2, 0.25) is 0 Å². The first-order valence-corrected chi connectivity index (χ1v) is 18.1. The third-order valence-corrected chi connectivity index (χ3v) is 9.30. The van der Waals surface area contributed by atoms with Crippen molar-refractivity contribution in [1.82, 2.24) is 21.3 Å². The second kappa shape index (κ2) is 20.6. The Kier molecular flexibility index (Phi) is 16.7. The van der Waals surface area contributed by atoms with E-state index < -0.39 is 84.7 Å². The first-order valence-electron chi connectivity index (χ1n) is 18.1. The van der Waals surface area contributed by atoms with Gasteiger partial charge in [-0.1, -0.05) is 120 Å². The number of Topliss-reactive ketones (excluding diaryl/α,β-unsaturated/α-hetero) is 1. The number of halogens is 2. The Morgan fingerprint density at radius 2 is 1.24 bits per heavy atom. The van der Waals surface area contributed by atoms with Gasteiger partial charge in [-0.05, 0) is 29.9 Å². The van der Waals surface area contributed by atoms with Gasteiger partial charge in [0.2, 0.25) is 24.1 Å². The molecule has 1 fully saturated rings. The number of aliphatic carboxylic acids is 1.